The second-order valence-electron chi connectivity index (χ2n) is 6.82. The van der Waals surface area contributed by atoms with Gasteiger partial charge in [-0.2, -0.15) is 0 Å². The van der Waals surface area contributed by atoms with Gasteiger partial charge >= 0.3 is 0 Å². The van der Waals surface area contributed by atoms with Gasteiger partial charge in [0, 0.05) is 44.2 Å². The number of nitrogens with zero attached hydrogens (tertiary/aromatic N) is 3. The lowest BCUT2D eigenvalue weighted by Crippen LogP contribution is -2.38. The molecule has 0 aliphatic carbocycles. The normalized spacial score (nSPS) is 24.3. The van der Waals surface area contributed by atoms with Crippen LogP contribution in [0, 0.1) is 11.8 Å². The van der Waals surface area contributed by atoms with Crippen molar-refractivity contribution in [2.75, 3.05) is 44.2 Å². The fourth-order valence-corrected chi connectivity index (χ4v) is 4.36. The van der Waals surface area contributed by atoms with Gasteiger partial charge < -0.3 is 15.1 Å². The number of rotatable bonds is 4. The Hall–Kier alpha value is -1.14. The standard InChI is InChI=1S/C17H28N4OS/c1-14(15-4-2-5-18-13-15)12-16(22)20-7-3-8-21(10-9-20)17-19-6-11-23-17/h6,11,14-15,18H,2-5,7-10,12-13H2,1H3. The number of piperidine rings is 1. The molecule has 0 saturated carbocycles. The van der Waals surface area contributed by atoms with Crippen LogP contribution in [0.2, 0.25) is 0 Å². The largest absolute Gasteiger partial charge is 0.346 e. The molecule has 1 N–H and O–H groups in total. The maximum Gasteiger partial charge on any atom is 0.222 e. The maximum absolute atomic E-state index is 12.7. The van der Waals surface area contributed by atoms with E-state index in [1.54, 1.807) is 11.3 Å². The summed E-state index contributed by atoms with van der Waals surface area (Å²) in [4.78, 5) is 21.4. The smallest absolute Gasteiger partial charge is 0.222 e. The molecule has 2 aliphatic rings. The average molecular weight is 337 g/mol. The molecule has 2 atom stereocenters. The molecule has 0 bridgehead atoms. The van der Waals surface area contributed by atoms with E-state index in [-0.39, 0.29) is 0 Å². The number of hydrogen-bond acceptors (Lipinski definition) is 5. The van der Waals surface area contributed by atoms with Crippen molar-refractivity contribution in [1.29, 1.82) is 0 Å². The van der Waals surface area contributed by atoms with Crippen molar-refractivity contribution in [2.24, 2.45) is 11.8 Å². The van der Waals surface area contributed by atoms with Gasteiger partial charge in [-0.25, -0.2) is 4.98 Å². The second kappa shape index (κ2) is 8.11. The Bertz CT molecular complexity index is 487. The molecular formula is C17H28N4OS. The highest BCUT2D eigenvalue weighted by molar-refractivity contribution is 7.13. The summed E-state index contributed by atoms with van der Waals surface area (Å²) in [6.45, 7) is 8.07. The summed E-state index contributed by atoms with van der Waals surface area (Å²) < 4.78 is 0. The zero-order valence-electron chi connectivity index (χ0n) is 14.0. The van der Waals surface area contributed by atoms with Crippen LogP contribution in [0.4, 0.5) is 5.13 Å². The van der Waals surface area contributed by atoms with Gasteiger partial charge in [0.05, 0.1) is 0 Å². The highest BCUT2D eigenvalue weighted by Crippen LogP contribution is 2.24. The van der Waals surface area contributed by atoms with E-state index in [4.69, 9.17) is 0 Å². The van der Waals surface area contributed by atoms with Crippen LogP contribution in [-0.2, 0) is 4.79 Å². The number of thiazole rings is 1. The topological polar surface area (TPSA) is 48.5 Å². The van der Waals surface area contributed by atoms with Crippen LogP contribution in [-0.4, -0.2) is 55.1 Å². The van der Waals surface area contributed by atoms with Gasteiger partial charge in [-0.1, -0.05) is 6.92 Å². The van der Waals surface area contributed by atoms with Gasteiger partial charge in [0.1, 0.15) is 0 Å². The first-order valence-electron chi connectivity index (χ1n) is 8.87. The molecule has 3 heterocycles. The van der Waals surface area contributed by atoms with Crippen LogP contribution in [0.3, 0.4) is 0 Å². The molecule has 2 unspecified atom stereocenters. The third-order valence-electron chi connectivity index (χ3n) is 5.17. The molecule has 0 spiro atoms. The minimum atomic E-state index is 0.337. The summed E-state index contributed by atoms with van der Waals surface area (Å²) >= 11 is 1.68. The molecule has 23 heavy (non-hydrogen) atoms. The number of hydrogen-bond donors (Lipinski definition) is 1. The average Bonchev–Trinajstić information content (AvgIpc) is 3.00. The fraction of sp³-hybridized carbons (Fsp3) is 0.765. The van der Waals surface area contributed by atoms with Crippen molar-refractivity contribution in [3.8, 4) is 0 Å². The molecule has 6 heteroatoms. The number of anilines is 1. The predicted octanol–water partition coefficient (Wildman–Crippen LogP) is 2.21. The van der Waals surface area contributed by atoms with Crippen molar-refractivity contribution in [3.05, 3.63) is 11.6 Å². The highest BCUT2D eigenvalue weighted by atomic mass is 32.1. The van der Waals surface area contributed by atoms with Crippen molar-refractivity contribution in [1.82, 2.24) is 15.2 Å². The quantitative estimate of drug-likeness (QED) is 0.916. The number of carbonyl (C=O) groups excluding carboxylic acids is 1. The van der Waals surface area contributed by atoms with Gasteiger partial charge in [0.15, 0.2) is 5.13 Å². The van der Waals surface area contributed by atoms with Crippen molar-refractivity contribution in [3.63, 3.8) is 0 Å². The van der Waals surface area contributed by atoms with E-state index in [1.807, 2.05) is 11.6 Å². The number of nitrogens with one attached hydrogen (secondary N) is 1. The van der Waals surface area contributed by atoms with E-state index in [2.05, 4.69) is 27.0 Å². The van der Waals surface area contributed by atoms with Crippen LogP contribution in [0.1, 0.15) is 32.6 Å². The Balaban J connectivity index is 1.49. The molecule has 2 saturated heterocycles. The summed E-state index contributed by atoms with van der Waals surface area (Å²) in [5.74, 6) is 1.48. The Kier molecular flexibility index (Phi) is 5.89. The van der Waals surface area contributed by atoms with Crippen molar-refractivity contribution in [2.45, 2.75) is 32.6 Å². The lowest BCUT2D eigenvalue weighted by atomic mass is 9.85. The molecule has 0 aromatic carbocycles. The van der Waals surface area contributed by atoms with Crippen LogP contribution in [0.5, 0.6) is 0 Å². The first-order chi connectivity index (χ1) is 11.2. The Morgan fingerprint density at radius 1 is 1.39 bits per heavy atom. The van der Waals surface area contributed by atoms with E-state index in [0.29, 0.717) is 24.2 Å². The minimum absolute atomic E-state index is 0.337. The van der Waals surface area contributed by atoms with Crippen LogP contribution >= 0.6 is 11.3 Å². The maximum atomic E-state index is 12.7. The molecule has 5 nitrogen and oxygen atoms in total. The van der Waals surface area contributed by atoms with Crippen LogP contribution in [0.25, 0.3) is 0 Å². The van der Waals surface area contributed by atoms with Crippen molar-refractivity contribution < 1.29 is 4.79 Å². The van der Waals surface area contributed by atoms with Gasteiger partial charge in [-0.05, 0) is 44.2 Å². The van der Waals surface area contributed by atoms with Gasteiger partial charge in [-0.15, -0.1) is 11.3 Å². The molecule has 1 amide bonds. The zero-order valence-corrected chi connectivity index (χ0v) is 14.9. The predicted molar refractivity (Wildman–Crippen MR) is 94.9 cm³/mol. The molecule has 2 fully saturated rings. The summed E-state index contributed by atoms with van der Waals surface area (Å²) in [6, 6.07) is 0. The fourth-order valence-electron chi connectivity index (χ4n) is 3.67. The lowest BCUT2D eigenvalue weighted by molar-refractivity contribution is -0.132. The molecule has 128 valence electrons. The molecule has 2 aliphatic heterocycles. The van der Waals surface area contributed by atoms with Crippen molar-refractivity contribution >= 4 is 22.4 Å². The van der Waals surface area contributed by atoms with Crippen LogP contribution < -0.4 is 10.2 Å². The number of aromatic nitrogens is 1. The van der Waals surface area contributed by atoms with Gasteiger partial charge in [0.2, 0.25) is 5.91 Å². The molecule has 1 aromatic rings. The first kappa shape index (κ1) is 16.7. The zero-order chi connectivity index (χ0) is 16.1. The lowest BCUT2D eigenvalue weighted by Gasteiger charge is -2.30. The van der Waals surface area contributed by atoms with E-state index < -0.39 is 0 Å². The third-order valence-corrected chi connectivity index (χ3v) is 6.01. The Morgan fingerprint density at radius 3 is 3.04 bits per heavy atom. The second-order valence-corrected chi connectivity index (χ2v) is 7.70. The Labute approximate surface area is 143 Å². The molecular weight excluding hydrogens is 308 g/mol. The first-order valence-corrected chi connectivity index (χ1v) is 9.75. The van der Waals surface area contributed by atoms with E-state index in [0.717, 1.165) is 50.8 Å². The number of amides is 1. The molecule has 3 rings (SSSR count). The third kappa shape index (κ3) is 4.44. The van der Waals surface area contributed by atoms with Gasteiger partial charge in [0.25, 0.3) is 0 Å². The minimum Gasteiger partial charge on any atom is -0.346 e. The summed E-state index contributed by atoms with van der Waals surface area (Å²) in [5, 5.41) is 6.56. The summed E-state index contributed by atoms with van der Waals surface area (Å²) in [7, 11) is 0. The molecule has 1 aromatic heterocycles. The summed E-state index contributed by atoms with van der Waals surface area (Å²) in [6.07, 6.45) is 6.09. The van der Waals surface area contributed by atoms with E-state index in [9.17, 15) is 4.79 Å². The number of carbonyl (C=O) groups is 1. The van der Waals surface area contributed by atoms with E-state index in [1.165, 1.54) is 12.8 Å². The van der Waals surface area contributed by atoms with Crippen LogP contribution in [0.15, 0.2) is 11.6 Å². The van der Waals surface area contributed by atoms with Gasteiger partial charge in [-0.3, -0.25) is 4.79 Å². The SMILES string of the molecule is CC(CC(=O)N1CCCN(c2nccs2)CC1)C1CCCNC1. The van der Waals surface area contributed by atoms with E-state index >= 15 is 0 Å². The Morgan fingerprint density at radius 2 is 2.30 bits per heavy atom. The summed E-state index contributed by atoms with van der Waals surface area (Å²) in [5.41, 5.74) is 0. The monoisotopic (exact) mass is 336 g/mol. The molecule has 0 radical (unpaired) electrons. The highest BCUT2D eigenvalue weighted by Gasteiger charge is 2.25.